The van der Waals surface area contributed by atoms with Crippen LogP contribution in [0.25, 0.3) is 0 Å². The smallest absolute Gasteiger partial charge is 0.343 e. The largest absolute Gasteiger partial charge is 0.421 e. The van der Waals surface area contributed by atoms with E-state index in [0.29, 0.717) is 21.4 Å². The van der Waals surface area contributed by atoms with Gasteiger partial charge >= 0.3 is 5.97 Å². The first-order chi connectivity index (χ1) is 8.56. The summed E-state index contributed by atoms with van der Waals surface area (Å²) >= 11 is 15.0. The average Bonchev–Trinajstić information content (AvgIpc) is 2.33. The molecule has 0 radical (unpaired) electrons. The van der Waals surface area contributed by atoms with Gasteiger partial charge < -0.3 is 4.74 Å². The van der Waals surface area contributed by atoms with Gasteiger partial charge in [-0.15, -0.1) is 0 Å². The Labute approximate surface area is 123 Å². The van der Waals surface area contributed by atoms with E-state index >= 15 is 0 Å². The molecular weight excluding hydrogens is 339 g/mol. The molecule has 2 aromatic rings. The first kappa shape index (κ1) is 13.4. The molecule has 0 aromatic heterocycles. The molecule has 0 saturated heterocycles. The molecule has 0 saturated carbocycles. The van der Waals surface area contributed by atoms with Crippen LogP contribution in [0.3, 0.4) is 0 Å². The lowest BCUT2D eigenvalue weighted by atomic mass is 10.2. The van der Waals surface area contributed by atoms with Gasteiger partial charge in [-0.05, 0) is 42.5 Å². The minimum atomic E-state index is -0.476. The maximum Gasteiger partial charge on any atom is 0.343 e. The Morgan fingerprint density at radius 2 is 1.72 bits per heavy atom. The van der Waals surface area contributed by atoms with Crippen LogP contribution in [0, 0.1) is 0 Å². The number of ether oxygens (including phenoxy) is 1. The van der Waals surface area contributed by atoms with Gasteiger partial charge in [-0.1, -0.05) is 39.1 Å². The summed E-state index contributed by atoms with van der Waals surface area (Å²) in [6.45, 7) is 0. The second-order valence-corrected chi connectivity index (χ2v) is 5.23. The number of hydrogen-bond donors (Lipinski definition) is 0. The Hall–Kier alpha value is -1.03. The van der Waals surface area contributed by atoms with Crippen LogP contribution in [0.4, 0.5) is 0 Å². The predicted octanol–water partition coefficient (Wildman–Crippen LogP) is 4.98. The number of halogens is 3. The first-order valence-electron chi connectivity index (χ1n) is 4.99. The Kier molecular flexibility index (Phi) is 4.27. The van der Waals surface area contributed by atoms with E-state index in [4.69, 9.17) is 27.9 Å². The van der Waals surface area contributed by atoms with Crippen molar-refractivity contribution >= 4 is 45.1 Å². The maximum absolute atomic E-state index is 11.8. The van der Waals surface area contributed by atoms with Crippen molar-refractivity contribution in [2.24, 2.45) is 0 Å². The minimum absolute atomic E-state index is 0.319. The molecular formula is C13H7BrCl2O2. The van der Waals surface area contributed by atoms with Gasteiger partial charge in [0.15, 0.2) is 0 Å². The molecule has 0 aliphatic heterocycles. The standard InChI is InChI=1S/C13H7BrCl2O2/c14-9-3-6-12(11(16)7-9)18-13(17)8-1-4-10(15)5-2-8/h1-7H. The van der Waals surface area contributed by atoms with Crippen LogP contribution < -0.4 is 4.74 Å². The van der Waals surface area contributed by atoms with Crippen LogP contribution in [0.5, 0.6) is 5.75 Å². The minimum Gasteiger partial charge on any atom is -0.421 e. The molecule has 0 N–H and O–H groups in total. The van der Waals surface area contributed by atoms with Gasteiger partial charge in [0.05, 0.1) is 10.6 Å². The fourth-order valence-corrected chi connectivity index (χ4v) is 2.14. The van der Waals surface area contributed by atoms with E-state index in [1.165, 1.54) is 0 Å². The summed E-state index contributed by atoms with van der Waals surface area (Å²) in [6, 6.07) is 11.5. The van der Waals surface area contributed by atoms with E-state index in [1.54, 1.807) is 42.5 Å². The zero-order chi connectivity index (χ0) is 13.1. The van der Waals surface area contributed by atoms with Gasteiger partial charge in [-0.25, -0.2) is 4.79 Å². The quantitative estimate of drug-likeness (QED) is 0.567. The summed E-state index contributed by atoms with van der Waals surface area (Å²) in [5.41, 5.74) is 0.415. The van der Waals surface area contributed by atoms with E-state index in [0.717, 1.165) is 4.47 Å². The van der Waals surface area contributed by atoms with E-state index < -0.39 is 5.97 Å². The Balaban J connectivity index is 2.18. The third kappa shape index (κ3) is 3.25. The van der Waals surface area contributed by atoms with Crippen molar-refractivity contribution in [2.75, 3.05) is 0 Å². The summed E-state index contributed by atoms with van der Waals surface area (Å²) in [6.07, 6.45) is 0. The normalized spacial score (nSPS) is 10.2. The summed E-state index contributed by atoms with van der Waals surface area (Å²) in [5.74, 6) is -0.157. The van der Waals surface area contributed by atoms with Gasteiger partial charge in [0, 0.05) is 9.50 Å². The van der Waals surface area contributed by atoms with Crippen molar-refractivity contribution in [1.82, 2.24) is 0 Å². The highest BCUT2D eigenvalue weighted by atomic mass is 79.9. The topological polar surface area (TPSA) is 26.3 Å². The molecule has 2 rings (SSSR count). The van der Waals surface area contributed by atoms with Crippen molar-refractivity contribution in [2.45, 2.75) is 0 Å². The number of carbonyl (C=O) groups is 1. The first-order valence-corrected chi connectivity index (χ1v) is 6.54. The van der Waals surface area contributed by atoms with Crippen molar-refractivity contribution < 1.29 is 9.53 Å². The molecule has 2 aromatic carbocycles. The molecule has 0 spiro atoms. The van der Waals surface area contributed by atoms with Crippen molar-refractivity contribution in [3.05, 3.63) is 62.5 Å². The zero-order valence-corrected chi connectivity index (χ0v) is 12.1. The van der Waals surface area contributed by atoms with E-state index in [2.05, 4.69) is 15.9 Å². The monoisotopic (exact) mass is 344 g/mol. The molecule has 2 nitrogen and oxygen atoms in total. The van der Waals surface area contributed by atoms with E-state index in [-0.39, 0.29) is 0 Å². The summed E-state index contributed by atoms with van der Waals surface area (Å²) in [7, 11) is 0. The average molecular weight is 346 g/mol. The highest BCUT2D eigenvalue weighted by molar-refractivity contribution is 9.10. The van der Waals surface area contributed by atoms with Crippen LogP contribution in [0.2, 0.25) is 10.0 Å². The van der Waals surface area contributed by atoms with Crippen LogP contribution in [0.15, 0.2) is 46.9 Å². The molecule has 0 unspecified atom stereocenters. The van der Waals surface area contributed by atoms with Crippen molar-refractivity contribution in [3.8, 4) is 5.75 Å². The van der Waals surface area contributed by atoms with E-state index in [1.807, 2.05) is 0 Å². The van der Waals surface area contributed by atoms with Crippen molar-refractivity contribution in [1.29, 1.82) is 0 Å². The molecule has 0 bridgehead atoms. The molecule has 0 aliphatic carbocycles. The van der Waals surface area contributed by atoms with Crippen LogP contribution in [-0.2, 0) is 0 Å². The van der Waals surface area contributed by atoms with E-state index in [9.17, 15) is 4.79 Å². The summed E-state index contributed by atoms with van der Waals surface area (Å²) in [5, 5.41) is 0.930. The molecule has 0 fully saturated rings. The predicted molar refractivity (Wildman–Crippen MR) is 75.6 cm³/mol. The fraction of sp³-hybridized carbons (Fsp3) is 0. The summed E-state index contributed by atoms with van der Waals surface area (Å²) in [4.78, 5) is 11.8. The number of hydrogen-bond acceptors (Lipinski definition) is 2. The number of rotatable bonds is 2. The molecule has 0 atom stereocenters. The molecule has 92 valence electrons. The lowest BCUT2D eigenvalue weighted by Crippen LogP contribution is -2.08. The van der Waals surface area contributed by atoms with Gasteiger partial charge in [-0.2, -0.15) is 0 Å². The third-order valence-corrected chi connectivity index (χ3v) is 3.22. The molecule has 5 heteroatoms. The van der Waals surface area contributed by atoms with Gasteiger partial charge in [0.1, 0.15) is 5.75 Å². The van der Waals surface area contributed by atoms with Crippen LogP contribution >= 0.6 is 39.1 Å². The zero-order valence-electron chi connectivity index (χ0n) is 8.99. The number of carbonyl (C=O) groups excluding carboxylic acids is 1. The lowest BCUT2D eigenvalue weighted by molar-refractivity contribution is 0.0735. The highest BCUT2D eigenvalue weighted by Crippen LogP contribution is 2.28. The molecule has 18 heavy (non-hydrogen) atoms. The number of benzene rings is 2. The Bertz CT molecular complexity index is 582. The van der Waals surface area contributed by atoms with Crippen LogP contribution in [-0.4, -0.2) is 5.97 Å². The number of esters is 1. The highest BCUT2D eigenvalue weighted by Gasteiger charge is 2.11. The molecule has 0 aliphatic rings. The molecule has 0 heterocycles. The maximum atomic E-state index is 11.8. The van der Waals surface area contributed by atoms with Crippen molar-refractivity contribution in [3.63, 3.8) is 0 Å². The van der Waals surface area contributed by atoms with Gasteiger partial charge in [0.25, 0.3) is 0 Å². The summed E-state index contributed by atoms with van der Waals surface area (Å²) < 4.78 is 6.01. The second-order valence-electron chi connectivity index (χ2n) is 3.47. The SMILES string of the molecule is O=C(Oc1ccc(Br)cc1Cl)c1ccc(Cl)cc1. The third-order valence-electron chi connectivity index (χ3n) is 2.18. The van der Waals surface area contributed by atoms with Gasteiger partial charge in [-0.3, -0.25) is 0 Å². The fourth-order valence-electron chi connectivity index (χ4n) is 1.30. The lowest BCUT2D eigenvalue weighted by Gasteiger charge is -2.06. The Morgan fingerprint density at radius 3 is 2.33 bits per heavy atom. The Morgan fingerprint density at radius 1 is 1.06 bits per heavy atom. The van der Waals surface area contributed by atoms with Crippen LogP contribution in [0.1, 0.15) is 10.4 Å². The van der Waals surface area contributed by atoms with Gasteiger partial charge in [0.2, 0.25) is 0 Å². The molecule has 0 amide bonds. The second kappa shape index (κ2) is 5.74.